The Balaban J connectivity index is 2.34. The first kappa shape index (κ1) is 13.8. The monoisotopic (exact) mass is 304 g/mol. The number of thiophene rings is 1. The molecule has 0 aromatic carbocycles. The normalized spacial score (nSPS) is 11.3. The number of hydrogen-bond donors (Lipinski definition) is 1. The van der Waals surface area contributed by atoms with Gasteiger partial charge in [-0.2, -0.15) is 0 Å². The largest absolute Gasteiger partial charge is 0.329 e. The molecule has 0 spiro atoms. The van der Waals surface area contributed by atoms with E-state index in [1.54, 1.807) is 11.3 Å². The van der Waals surface area contributed by atoms with E-state index in [0.717, 1.165) is 34.7 Å². The van der Waals surface area contributed by atoms with Crippen LogP contribution in [-0.4, -0.2) is 19.1 Å². The van der Waals surface area contributed by atoms with E-state index < -0.39 is 5.69 Å². The zero-order valence-electron chi connectivity index (χ0n) is 11.9. The van der Waals surface area contributed by atoms with Crippen LogP contribution in [0.1, 0.15) is 19.8 Å². The van der Waals surface area contributed by atoms with Crippen LogP contribution in [0.5, 0.6) is 0 Å². The van der Waals surface area contributed by atoms with Crippen molar-refractivity contribution in [3.8, 4) is 10.7 Å². The lowest BCUT2D eigenvalue weighted by Gasteiger charge is -2.06. The Morgan fingerprint density at radius 1 is 1.38 bits per heavy atom. The molecular weight excluding hydrogens is 288 g/mol. The average molecular weight is 304 g/mol. The number of aromatic amines is 1. The maximum atomic E-state index is 12.2. The maximum absolute atomic E-state index is 12.2. The minimum Gasteiger partial charge on any atom is -0.309 e. The zero-order valence-corrected chi connectivity index (χ0v) is 12.7. The van der Waals surface area contributed by atoms with E-state index in [0.29, 0.717) is 11.2 Å². The Morgan fingerprint density at radius 3 is 2.86 bits per heavy atom. The van der Waals surface area contributed by atoms with E-state index in [1.807, 2.05) is 22.1 Å². The van der Waals surface area contributed by atoms with Gasteiger partial charge < -0.3 is 4.57 Å². The molecule has 3 aromatic rings. The molecule has 0 aliphatic rings. The zero-order chi connectivity index (χ0) is 15.0. The van der Waals surface area contributed by atoms with Crippen molar-refractivity contribution in [2.75, 3.05) is 0 Å². The molecule has 0 saturated carbocycles. The van der Waals surface area contributed by atoms with Crippen molar-refractivity contribution in [1.82, 2.24) is 19.1 Å². The van der Waals surface area contributed by atoms with Crippen molar-refractivity contribution >= 4 is 22.5 Å². The first-order chi connectivity index (χ1) is 10.1. The van der Waals surface area contributed by atoms with Crippen molar-refractivity contribution in [2.24, 2.45) is 7.05 Å². The second-order valence-corrected chi connectivity index (χ2v) is 5.86. The SMILES string of the molecule is CCCCn1c(-c2cccs2)nc2c(=O)n(C)c(=O)[nH]c21. The van der Waals surface area contributed by atoms with Crippen molar-refractivity contribution in [3.05, 3.63) is 38.4 Å². The van der Waals surface area contributed by atoms with Crippen LogP contribution in [0.2, 0.25) is 0 Å². The van der Waals surface area contributed by atoms with Crippen LogP contribution in [0.3, 0.4) is 0 Å². The highest BCUT2D eigenvalue weighted by molar-refractivity contribution is 7.13. The molecule has 21 heavy (non-hydrogen) atoms. The summed E-state index contributed by atoms with van der Waals surface area (Å²) in [5.41, 5.74) is 0.0567. The van der Waals surface area contributed by atoms with Gasteiger partial charge >= 0.3 is 5.69 Å². The number of imidazole rings is 1. The molecule has 6 nitrogen and oxygen atoms in total. The van der Waals surface area contributed by atoms with Gasteiger partial charge in [-0.15, -0.1) is 11.3 Å². The lowest BCUT2D eigenvalue weighted by molar-refractivity contribution is 0.645. The van der Waals surface area contributed by atoms with Crippen LogP contribution >= 0.6 is 11.3 Å². The molecule has 0 aliphatic heterocycles. The van der Waals surface area contributed by atoms with Crippen LogP contribution in [0.25, 0.3) is 21.9 Å². The van der Waals surface area contributed by atoms with Crippen molar-refractivity contribution in [3.63, 3.8) is 0 Å². The third kappa shape index (κ3) is 2.23. The van der Waals surface area contributed by atoms with Gasteiger partial charge in [0.25, 0.3) is 5.56 Å². The summed E-state index contributed by atoms with van der Waals surface area (Å²) in [5, 5.41) is 1.97. The molecule has 1 N–H and O–H groups in total. The fourth-order valence-corrected chi connectivity index (χ4v) is 3.01. The molecule has 0 saturated heterocycles. The third-order valence-corrected chi connectivity index (χ3v) is 4.35. The standard InChI is InChI=1S/C14H16N4O2S/c1-3-4-7-18-11(9-6-5-8-21-9)15-10-12(18)16-14(20)17(2)13(10)19/h5-6,8H,3-4,7H2,1-2H3,(H,16,20). The smallest absolute Gasteiger partial charge is 0.309 e. The summed E-state index contributed by atoms with van der Waals surface area (Å²) in [4.78, 5) is 32.3. The quantitative estimate of drug-likeness (QED) is 0.800. The van der Waals surface area contributed by atoms with Gasteiger partial charge in [0.2, 0.25) is 0 Å². The highest BCUT2D eigenvalue weighted by atomic mass is 32.1. The maximum Gasteiger partial charge on any atom is 0.329 e. The van der Waals surface area contributed by atoms with Gasteiger partial charge in [-0.25, -0.2) is 9.78 Å². The van der Waals surface area contributed by atoms with E-state index in [-0.39, 0.29) is 5.56 Å². The molecule has 0 bridgehead atoms. The molecule has 0 unspecified atom stereocenters. The Hall–Kier alpha value is -2.15. The van der Waals surface area contributed by atoms with E-state index >= 15 is 0 Å². The fraction of sp³-hybridized carbons (Fsp3) is 0.357. The Kier molecular flexibility index (Phi) is 3.50. The number of nitrogens with zero attached hydrogens (tertiary/aromatic N) is 3. The first-order valence-corrected chi connectivity index (χ1v) is 7.75. The number of fused-ring (bicyclic) bond motifs is 1. The molecular formula is C14H16N4O2S. The summed E-state index contributed by atoms with van der Waals surface area (Å²) in [5.74, 6) is 0.743. The van der Waals surface area contributed by atoms with Gasteiger partial charge in [-0.1, -0.05) is 19.4 Å². The molecule has 0 fully saturated rings. The van der Waals surface area contributed by atoms with Gasteiger partial charge in [0.15, 0.2) is 11.3 Å². The summed E-state index contributed by atoms with van der Waals surface area (Å²) < 4.78 is 2.99. The minimum absolute atomic E-state index is 0.316. The van der Waals surface area contributed by atoms with Crippen molar-refractivity contribution in [2.45, 2.75) is 26.3 Å². The van der Waals surface area contributed by atoms with Gasteiger partial charge in [-0.05, 0) is 17.9 Å². The molecule has 3 aromatic heterocycles. The predicted octanol–water partition coefficient (Wildman–Crippen LogP) is 1.95. The molecule has 3 heterocycles. The Morgan fingerprint density at radius 2 is 2.19 bits per heavy atom. The molecule has 0 atom stereocenters. The second kappa shape index (κ2) is 5.33. The molecule has 0 aliphatic carbocycles. The Bertz CT molecular complexity index is 886. The minimum atomic E-state index is -0.414. The second-order valence-electron chi connectivity index (χ2n) is 4.91. The predicted molar refractivity (Wildman–Crippen MR) is 83.8 cm³/mol. The van der Waals surface area contributed by atoms with E-state index in [2.05, 4.69) is 16.9 Å². The van der Waals surface area contributed by atoms with Gasteiger partial charge in [-0.3, -0.25) is 14.3 Å². The molecule has 3 rings (SSSR count). The van der Waals surface area contributed by atoms with Crippen LogP contribution in [0.15, 0.2) is 27.1 Å². The summed E-state index contributed by atoms with van der Waals surface area (Å²) in [6.45, 7) is 2.83. The highest BCUT2D eigenvalue weighted by Gasteiger charge is 2.17. The molecule has 7 heteroatoms. The van der Waals surface area contributed by atoms with Crippen LogP contribution in [-0.2, 0) is 13.6 Å². The van der Waals surface area contributed by atoms with E-state index in [4.69, 9.17) is 0 Å². The highest BCUT2D eigenvalue weighted by Crippen LogP contribution is 2.26. The summed E-state index contributed by atoms with van der Waals surface area (Å²) in [6, 6.07) is 3.92. The number of aryl methyl sites for hydroxylation is 1. The van der Waals surface area contributed by atoms with Crippen LogP contribution in [0, 0.1) is 0 Å². The van der Waals surface area contributed by atoms with Gasteiger partial charge in [0.1, 0.15) is 5.65 Å². The first-order valence-electron chi connectivity index (χ1n) is 6.87. The molecule has 0 amide bonds. The number of nitrogens with one attached hydrogen (secondary N) is 1. The van der Waals surface area contributed by atoms with Crippen molar-refractivity contribution in [1.29, 1.82) is 0 Å². The number of aromatic nitrogens is 4. The molecule has 110 valence electrons. The third-order valence-electron chi connectivity index (χ3n) is 3.48. The van der Waals surface area contributed by atoms with Crippen LogP contribution < -0.4 is 11.2 Å². The average Bonchev–Trinajstić information content (AvgIpc) is 3.10. The van der Waals surface area contributed by atoms with Crippen LogP contribution in [0.4, 0.5) is 0 Å². The topological polar surface area (TPSA) is 72.7 Å². The van der Waals surface area contributed by atoms with E-state index in [1.165, 1.54) is 7.05 Å². The van der Waals surface area contributed by atoms with Gasteiger partial charge in [0.05, 0.1) is 4.88 Å². The number of unbranched alkanes of at least 4 members (excludes halogenated alkanes) is 1. The lowest BCUT2D eigenvalue weighted by Crippen LogP contribution is -2.32. The van der Waals surface area contributed by atoms with Crippen molar-refractivity contribution < 1.29 is 0 Å². The fourth-order valence-electron chi connectivity index (χ4n) is 2.29. The Labute approximate surface area is 124 Å². The number of rotatable bonds is 4. The summed E-state index contributed by atoms with van der Waals surface area (Å²) in [6.07, 6.45) is 1.99. The number of hydrogen-bond acceptors (Lipinski definition) is 4. The lowest BCUT2D eigenvalue weighted by atomic mass is 10.3. The number of H-pyrrole nitrogens is 1. The summed E-state index contributed by atoms with van der Waals surface area (Å²) >= 11 is 1.57. The summed E-state index contributed by atoms with van der Waals surface area (Å²) in [7, 11) is 1.45. The van der Waals surface area contributed by atoms with Gasteiger partial charge in [0, 0.05) is 13.6 Å². The molecule has 0 radical (unpaired) electrons. The van der Waals surface area contributed by atoms with E-state index in [9.17, 15) is 9.59 Å².